The van der Waals surface area contributed by atoms with Crippen LogP contribution in [0.3, 0.4) is 0 Å². The van der Waals surface area contributed by atoms with E-state index in [-0.39, 0.29) is 11.0 Å². The van der Waals surface area contributed by atoms with Gasteiger partial charge in [-0.05, 0) is 18.3 Å². The molecule has 4 heteroatoms. The molecular formula is C13H23N3O. The summed E-state index contributed by atoms with van der Waals surface area (Å²) < 4.78 is 5.32. The van der Waals surface area contributed by atoms with Gasteiger partial charge >= 0.3 is 0 Å². The number of rotatable bonds is 2. The van der Waals surface area contributed by atoms with Crippen LogP contribution < -0.4 is 5.73 Å². The summed E-state index contributed by atoms with van der Waals surface area (Å²) in [6, 6.07) is 0. The first kappa shape index (κ1) is 12.6. The fraction of sp³-hybridized carbons (Fsp3) is 0.846. The third-order valence-electron chi connectivity index (χ3n) is 3.34. The van der Waals surface area contributed by atoms with Crippen molar-refractivity contribution >= 4 is 0 Å². The first-order valence-electron chi connectivity index (χ1n) is 6.51. The van der Waals surface area contributed by atoms with E-state index in [0.717, 1.165) is 19.3 Å². The van der Waals surface area contributed by atoms with Crippen LogP contribution in [0.4, 0.5) is 0 Å². The van der Waals surface area contributed by atoms with Crippen molar-refractivity contribution in [3.8, 4) is 0 Å². The van der Waals surface area contributed by atoms with E-state index >= 15 is 0 Å². The van der Waals surface area contributed by atoms with Gasteiger partial charge in [-0.1, -0.05) is 45.2 Å². The van der Waals surface area contributed by atoms with E-state index in [0.29, 0.717) is 11.7 Å². The van der Waals surface area contributed by atoms with Crippen molar-refractivity contribution in [3.63, 3.8) is 0 Å². The fourth-order valence-electron chi connectivity index (χ4n) is 2.39. The number of aromatic nitrogens is 2. The molecule has 0 radical (unpaired) electrons. The molecule has 0 saturated heterocycles. The number of hydrogen-bond donors (Lipinski definition) is 1. The molecule has 1 aliphatic carbocycles. The standard InChI is InChI=1S/C13H23N3O/c1-12(2,3)9-10-15-11(16-17-10)13(14)7-5-4-6-8-13/h4-9,14H2,1-3H3. The maximum Gasteiger partial charge on any atom is 0.227 e. The van der Waals surface area contributed by atoms with Gasteiger partial charge in [0.1, 0.15) is 0 Å². The SMILES string of the molecule is CC(C)(C)Cc1nc(C2(N)CCCCC2)no1. The maximum atomic E-state index is 6.37. The van der Waals surface area contributed by atoms with Crippen LogP contribution in [0.15, 0.2) is 4.52 Å². The van der Waals surface area contributed by atoms with Crippen LogP contribution in [0.2, 0.25) is 0 Å². The van der Waals surface area contributed by atoms with Crippen molar-refractivity contribution in [2.75, 3.05) is 0 Å². The predicted molar refractivity (Wildman–Crippen MR) is 66.4 cm³/mol. The van der Waals surface area contributed by atoms with Crippen LogP contribution in [0.1, 0.15) is 64.6 Å². The molecule has 1 saturated carbocycles. The smallest absolute Gasteiger partial charge is 0.227 e. The highest BCUT2D eigenvalue weighted by Gasteiger charge is 2.34. The van der Waals surface area contributed by atoms with Crippen LogP contribution in [0.5, 0.6) is 0 Å². The minimum atomic E-state index is -0.349. The molecule has 17 heavy (non-hydrogen) atoms. The highest BCUT2D eigenvalue weighted by molar-refractivity contribution is 5.05. The Labute approximate surface area is 103 Å². The Morgan fingerprint density at radius 2 is 1.88 bits per heavy atom. The van der Waals surface area contributed by atoms with Gasteiger partial charge in [-0.2, -0.15) is 4.98 Å². The van der Waals surface area contributed by atoms with E-state index in [1.807, 2.05) is 0 Å². The van der Waals surface area contributed by atoms with Crippen molar-refractivity contribution in [1.29, 1.82) is 0 Å². The number of nitrogens with zero attached hydrogens (tertiary/aromatic N) is 2. The number of nitrogens with two attached hydrogens (primary N) is 1. The predicted octanol–water partition coefficient (Wildman–Crippen LogP) is 2.78. The summed E-state index contributed by atoms with van der Waals surface area (Å²) in [6.45, 7) is 6.49. The average molecular weight is 237 g/mol. The Balaban J connectivity index is 2.12. The fourth-order valence-corrected chi connectivity index (χ4v) is 2.39. The molecule has 0 aliphatic heterocycles. The van der Waals surface area contributed by atoms with Gasteiger partial charge in [0.25, 0.3) is 0 Å². The van der Waals surface area contributed by atoms with Crippen LogP contribution in [-0.2, 0) is 12.0 Å². The second-order valence-electron chi connectivity index (χ2n) is 6.47. The van der Waals surface area contributed by atoms with Crippen LogP contribution in [0.25, 0.3) is 0 Å². The minimum Gasteiger partial charge on any atom is -0.339 e. The van der Waals surface area contributed by atoms with Gasteiger partial charge in [0.15, 0.2) is 5.82 Å². The Morgan fingerprint density at radius 1 is 1.24 bits per heavy atom. The second-order valence-corrected chi connectivity index (χ2v) is 6.47. The molecule has 0 spiro atoms. The average Bonchev–Trinajstić information content (AvgIpc) is 2.65. The molecule has 1 heterocycles. The summed E-state index contributed by atoms with van der Waals surface area (Å²) in [5.41, 5.74) is 6.19. The molecule has 1 fully saturated rings. The third-order valence-corrected chi connectivity index (χ3v) is 3.34. The Kier molecular flexibility index (Phi) is 3.25. The Morgan fingerprint density at radius 3 is 2.47 bits per heavy atom. The van der Waals surface area contributed by atoms with Gasteiger partial charge < -0.3 is 10.3 Å². The summed E-state index contributed by atoms with van der Waals surface area (Å²) in [5, 5.41) is 4.08. The van der Waals surface area contributed by atoms with Crippen molar-refractivity contribution in [2.45, 2.75) is 64.8 Å². The second kappa shape index (κ2) is 4.41. The summed E-state index contributed by atoms with van der Waals surface area (Å²) >= 11 is 0. The normalized spacial score (nSPS) is 20.5. The molecule has 0 bridgehead atoms. The molecule has 0 amide bonds. The number of hydrogen-bond acceptors (Lipinski definition) is 4. The molecular weight excluding hydrogens is 214 g/mol. The summed E-state index contributed by atoms with van der Waals surface area (Å²) in [4.78, 5) is 4.49. The monoisotopic (exact) mass is 237 g/mol. The highest BCUT2D eigenvalue weighted by atomic mass is 16.5. The van der Waals surface area contributed by atoms with E-state index < -0.39 is 0 Å². The molecule has 1 aliphatic rings. The zero-order valence-corrected chi connectivity index (χ0v) is 11.1. The maximum absolute atomic E-state index is 6.37. The van der Waals surface area contributed by atoms with E-state index in [4.69, 9.17) is 10.3 Å². The lowest BCUT2D eigenvalue weighted by Crippen LogP contribution is -2.39. The van der Waals surface area contributed by atoms with Crippen LogP contribution >= 0.6 is 0 Å². The first-order valence-corrected chi connectivity index (χ1v) is 6.51. The molecule has 2 rings (SSSR count). The Bertz CT molecular complexity index is 372. The van der Waals surface area contributed by atoms with Crippen molar-refractivity contribution < 1.29 is 4.52 Å². The van der Waals surface area contributed by atoms with Crippen molar-refractivity contribution in [3.05, 3.63) is 11.7 Å². The highest BCUT2D eigenvalue weighted by Crippen LogP contribution is 2.33. The molecule has 1 aromatic rings. The lowest BCUT2D eigenvalue weighted by atomic mass is 9.82. The molecule has 96 valence electrons. The van der Waals surface area contributed by atoms with E-state index in [9.17, 15) is 0 Å². The molecule has 2 N–H and O–H groups in total. The summed E-state index contributed by atoms with van der Waals surface area (Å²) in [6.07, 6.45) is 6.35. The summed E-state index contributed by atoms with van der Waals surface area (Å²) in [7, 11) is 0. The molecule has 0 aromatic carbocycles. The van der Waals surface area contributed by atoms with Crippen LogP contribution in [-0.4, -0.2) is 10.1 Å². The lowest BCUT2D eigenvalue weighted by molar-refractivity contribution is 0.269. The zero-order valence-electron chi connectivity index (χ0n) is 11.1. The van der Waals surface area contributed by atoms with Crippen LogP contribution in [0, 0.1) is 5.41 Å². The van der Waals surface area contributed by atoms with Gasteiger partial charge in [0.05, 0.1) is 5.54 Å². The topological polar surface area (TPSA) is 64.9 Å². The third kappa shape index (κ3) is 3.06. The van der Waals surface area contributed by atoms with E-state index in [1.54, 1.807) is 0 Å². The Hall–Kier alpha value is -0.900. The van der Waals surface area contributed by atoms with Gasteiger partial charge in [0.2, 0.25) is 5.89 Å². The quantitative estimate of drug-likeness (QED) is 0.859. The van der Waals surface area contributed by atoms with Crippen molar-refractivity contribution in [2.24, 2.45) is 11.1 Å². The van der Waals surface area contributed by atoms with E-state index in [2.05, 4.69) is 30.9 Å². The summed E-state index contributed by atoms with van der Waals surface area (Å²) in [5.74, 6) is 1.42. The largest absolute Gasteiger partial charge is 0.339 e. The van der Waals surface area contributed by atoms with Gasteiger partial charge in [-0.25, -0.2) is 0 Å². The molecule has 4 nitrogen and oxygen atoms in total. The van der Waals surface area contributed by atoms with Gasteiger partial charge in [-0.15, -0.1) is 0 Å². The molecule has 1 aromatic heterocycles. The molecule has 0 atom stereocenters. The molecule has 0 unspecified atom stereocenters. The minimum absolute atomic E-state index is 0.165. The van der Waals surface area contributed by atoms with Gasteiger partial charge in [0, 0.05) is 6.42 Å². The lowest BCUT2D eigenvalue weighted by Gasteiger charge is -2.29. The van der Waals surface area contributed by atoms with Gasteiger partial charge in [-0.3, -0.25) is 0 Å². The first-order chi connectivity index (χ1) is 7.89. The zero-order chi connectivity index (χ0) is 12.5. The van der Waals surface area contributed by atoms with E-state index in [1.165, 1.54) is 19.3 Å². The van der Waals surface area contributed by atoms with Crippen molar-refractivity contribution in [1.82, 2.24) is 10.1 Å².